The van der Waals surface area contributed by atoms with E-state index in [1.807, 2.05) is 55.4 Å². The minimum atomic E-state index is 0.0192. The van der Waals surface area contributed by atoms with Gasteiger partial charge in [-0.2, -0.15) is 0 Å². The van der Waals surface area contributed by atoms with Crippen LogP contribution in [0.1, 0.15) is 55.4 Å². The molecule has 0 saturated carbocycles. The van der Waals surface area contributed by atoms with Gasteiger partial charge in [-0.15, -0.1) is 0 Å². The van der Waals surface area contributed by atoms with Gasteiger partial charge < -0.3 is 28.4 Å². The van der Waals surface area contributed by atoms with E-state index >= 15 is 0 Å². The third-order valence-corrected chi connectivity index (χ3v) is 7.96. The van der Waals surface area contributed by atoms with E-state index in [0.29, 0.717) is 39.6 Å². The van der Waals surface area contributed by atoms with E-state index in [-0.39, 0.29) is 10.9 Å². The standard InChI is InChI=1S/C28H42O6S3/c1-9-29-19(7)35-21-15-23(31-11-3)27(24(16-21)32-12-4)37-28-25(33-13-5)17-22(18-26(28)34-14-6)36-20(8)30-10-2/h15-20H,9-14H2,1-8H3. The maximum atomic E-state index is 6.12. The van der Waals surface area contributed by atoms with Crippen molar-refractivity contribution >= 4 is 35.3 Å². The highest BCUT2D eigenvalue weighted by Crippen LogP contribution is 2.51. The first kappa shape index (κ1) is 31.8. The van der Waals surface area contributed by atoms with E-state index in [9.17, 15) is 0 Å². The molecule has 0 aromatic heterocycles. The first-order valence-electron chi connectivity index (χ1n) is 13.0. The Bertz CT molecular complexity index is 826. The molecule has 2 unspecified atom stereocenters. The maximum absolute atomic E-state index is 6.12. The fraction of sp³-hybridized carbons (Fsp3) is 0.571. The van der Waals surface area contributed by atoms with Crippen LogP contribution < -0.4 is 18.9 Å². The summed E-state index contributed by atoms with van der Waals surface area (Å²) in [6.45, 7) is 19.5. The molecule has 0 bridgehead atoms. The molecule has 208 valence electrons. The molecular formula is C28H42O6S3. The van der Waals surface area contributed by atoms with Gasteiger partial charge >= 0.3 is 0 Å². The van der Waals surface area contributed by atoms with Crippen molar-refractivity contribution < 1.29 is 28.4 Å². The highest BCUT2D eigenvalue weighted by molar-refractivity contribution is 8.00. The Labute approximate surface area is 235 Å². The fourth-order valence-corrected chi connectivity index (χ4v) is 6.47. The molecule has 9 heteroatoms. The lowest BCUT2D eigenvalue weighted by molar-refractivity contribution is 0.137. The van der Waals surface area contributed by atoms with E-state index in [2.05, 4.69) is 24.3 Å². The Morgan fingerprint density at radius 3 is 1.05 bits per heavy atom. The van der Waals surface area contributed by atoms with Crippen LogP contribution in [0.15, 0.2) is 43.8 Å². The van der Waals surface area contributed by atoms with E-state index in [0.717, 1.165) is 42.6 Å². The topological polar surface area (TPSA) is 55.4 Å². The summed E-state index contributed by atoms with van der Waals surface area (Å²) in [4.78, 5) is 3.84. The summed E-state index contributed by atoms with van der Waals surface area (Å²) in [6, 6.07) is 8.24. The maximum Gasteiger partial charge on any atom is 0.138 e. The Kier molecular flexibility index (Phi) is 14.8. The van der Waals surface area contributed by atoms with Crippen LogP contribution in [0.4, 0.5) is 0 Å². The third kappa shape index (κ3) is 10.0. The van der Waals surface area contributed by atoms with Crippen LogP contribution in [-0.2, 0) is 9.47 Å². The Morgan fingerprint density at radius 2 is 0.811 bits per heavy atom. The Balaban J connectivity index is 2.59. The molecular weight excluding hydrogens is 529 g/mol. The molecule has 0 heterocycles. The van der Waals surface area contributed by atoms with Crippen molar-refractivity contribution in [2.75, 3.05) is 39.6 Å². The van der Waals surface area contributed by atoms with Crippen LogP contribution in [0.25, 0.3) is 0 Å². The van der Waals surface area contributed by atoms with Crippen molar-refractivity contribution in [2.45, 2.75) is 85.8 Å². The first-order valence-corrected chi connectivity index (χ1v) is 15.6. The zero-order valence-electron chi connectivity index (χ0n) is 23.4. The van der Waals surface area contributed by atoms with E-state index < -0.39 is 0 Å². The van der Waals surface area contributed by atoms with Crippen LogP contribution >= 0.6 is 35.3 Å². The molecule has 0 fully saturated rings. The van der Waals surface area contributed by atoms with Gasteiger partial charge in [0.05, 0.1) is 36.2 Å². The monoisotopic (exact) mass is 570 g/mol. The number of benzene rings is 2. The lowest BCUT2D eigenvalue weighted by Crippen LogP contribution is -2.05. The molecule has 0 radical (unpaired) electrons. The van der Waals surface area contributed by atoms with Gasteiger partial charge in [0.15, 0.2) is 0 Å². The Hall–Kier alpha value is -1.39. The predicted molar refractivity (Wildman–Crippen MR) is 156 cm³/mol. The minimum Gasteiger partial charge on any atom is -0.493 e. The van der Waals surface area contributed by atoms with Gasteiger partial charge in [0.2, 0.25) is 0 Å². The molecule has 0 amide bonds. The summed E-state index contributed by atoms with van der Waals surface area (Å²) in [5.41, 5.74) is 0.0383. The lowest BCUT2D eigenvalue weighted by Gasteiger charge is -2.21. The summed E-state index contributed by atoms with van der Waals surface area (Å²) in [5, 5.41) is 0. The van der Waals surface area contributed by atoms with Crippen molar-refractivity contribution in [1.82, 2.24) is 0 Å². The third-order valence-electron chi connectivity index (χ3n) is 4.80. The summed E-state index contributed by atoms with van der Waals surface area (Å²) >= 11 is 4.83. The van der Waals surface area contributed by atoms with Gasteiger partial charge in [0.25, 0.3) is 0 Å². The average molecular weight is 571 g/mol. The van der Waals surface area contributed by atoms with Crippen molar-refractivity contribution in [1.29, 1.82) is 0 Å². The van der Waals surface area contributed by atoms with Gasteiger partial charge in [-0.25, -0.2) is 0 Å². The summed E-state index contributed by atoms with van der Waals surface area (Å²) in [7, 11) is 0. The fourth-order valence-electron chi connectivity index (χ4n) is 3.52. The highest BCUT2D eigenvalue weighted by Gasteiger charge is 2.23. The van der Waals surface area contributed by atoms with E-state index in [1.54, 1.807) is 35.3 Å². The van der Waals surface area contributed by atoms with Crippen molar-refractivity contribution in [3.63, 3.8) is 0 Å². The van der Waals surface area contributed by atoms with Gasteiger partial charge in [-0.3, -0.25) is 0 Å². The number of ether oxygens (including phenoxy) is 6. The van der Waals surface area contributed by atoms with Gasteiger partial charge in [-0.05, 0) is 79.7 Å². The molecule has 0 spiro atoms. The highest BCUT2D eigenvalue weighted by atomic mass is 32.2. The molecule has 2 rings (SSSR count). The predicted octanol–water partition coefficient (Wildman–Crippen LogP) is 8.38. The SMILES string of the molecule is CCOc1cc(SC(C)OCC)cc(OCC)c1Sc1c(OCC)cc(SC(C)OCC)cc1OCC. The van der Waals surface area contributed by atoms with Crippen LogP contribution in [-0.4, -0.2) is 50.5 Å². The minimum absolute atomic E-state index is 0.0192. The quantitative estimate of drug-likeness (QED) is 0.130. The summed E-state index contributed by atoms with van der Waals surface area (Å²) in [6.07, 6.45) is 0. The van der Waals surface area contributed by atoms with Gasteiger partial charge in [0, 0.05) is 23.0 Å². The molecule has 6 nitrogen and oxygen atoms in total. The second-order valence-corrected chi connectivity index (χ2v) is 11.4. The smallest absolute Gasteiger partial charge is 0.138 e. The number of rotatable bonds is 18. The van der Waals surface area contributed by atoms with Crippen molar-refractivity contribution in [2.24, 2.45) is 0 Å². The normalized spacial score (nSPS) is 12.8. The number of hydrogen-bond donors (Lipinski definition) is 0. The molecule has 0 aliphatic rings. The second-order valence-electron chi connectivity index (χ2n) is 7.61. The van der Waals surface area contributed by atoms with E-state index in [1.165, 1.54) is 0 Å². The number of hydrogen-bond acceptors (Lipinski definition) is 9. The molecule has 0 saturated heterocycles. The Morgan fingerprint density at radius 1 is 0.514 bits per heavy atom. The lowest BCUT2D eigenvalue weighted by atomic mass is 10.3. The van der Waals surface area contributed by atoms with Crippen molar-refractivity contribution in [3.8, 4) is 23.0 Å². The molecule has 2 aromatic rings. The second kappa shape index (κ2) is 17.2. The zero-order chi connectivity index (χ0) is 27.2. The van der Waals surface area contributed by atoms with Crippen LogP contribution in [0, 0.1) is 0 Å². The largest absolute Gasteiger partial charge is 0.493 e. The van der Waals surface area contributed by atoms with Crippen molar-refractivity contribution in [3.05, 3.63) is 24.3 Å². The van der Waals surface area contributed by atoms with Gasteiger partial charge in [0.1, 0.15) is 33.9 Å². The zero-order valence-corrected chi connectivity index (χ0v) is 25.8. The molecule has 2 aromatic carbocycles. The molecule has 0 aliphatic carbocycles. The van der Waals surface area contributed by atoms with Gasteiger partial charge in [-0.1, -0.05) is 35.3 Å². The summed E-state index contributed by atoms with van der Waals surface area (Å²) < 4.78 is 36.0. The van der Waals surface area contributed by atoms with Crippen LogP contribution in [0.5, 0.6) is 23.0 Å². The molecule has 0 N–H and O–H groups in total. The number of thioether (sulfide) groups is 2. The molecule has 37 heavy (non-hydrogen) atoms. The molecule has 0 aliphatic heterocycles. The molecule has 2 atom stereocenters. The first-order chi connectivity index (χ1) is 17.9. The average Bonchev–Trinajstić information content (AvgIpc) is 2.83. The van der Waals surface area contributed by atoms with Crippen LogP contribution in [0.2, 0.25) is 0 Å². The van der Waals surface area contributed by atoms with Crippen LogP contribution in [0.3, 0.4) is 0 Å². The summed E-state index contributed by atoms with van der Waals surface area (Å²) in [5.74, 6) is 3.05. The van der Waals surface area contributed by atoms with E-state index in [4.69, 9.17) is 28.4 Å².